The third kappa shape index (κ3) is 13.3. The number of unbranched alkanes of at least 4 members (excludes halogenated alkanes) is 18. The number of hydrogen-bond acceptors (Lipinski definition) is 4. The molecule has 4 aromatic carbocycles. The molecule has 1 radical (unpaired) electrons. The molecule has 0 N–H and O–H groups in total. The summed E-state index contributed by atoms with van der Waals surface area (Å²) in [5.41, 5.74) is 18.1. The van der Waals surface area contributed by atoms with Crippen molar-refractivity contribution in [2.45, 2.75) is 219 Å². The SMILES string of the molecule is CCCCCCCCCCCCC1(CCCCCCCCCCCC)c2cc(-c3ccc(-c4nc(-c5ccc6c(c5)CCCC6)nc(-c5ccc6c(c5)CCCC6)n4)cn3)[c-]cc2-c2ccc(C)cc21.[Ir]. The molecule has 2 aromatic heterocycles. The molecule has 0 atom stereocenters. The second-order valence-electron chi connectivity index (χ2n) is 21.8. The summed E-state index contributed by atoms with van der Waals surface area (Å²) in [6.07, 6.45) is 41.2. The smallest absolute Gasteiger partial charge is 0.165 e. The van der Waals surface area contributed by atoms with Crippen LogP contribution in [0.5, 0.6) is 0 Å². The summed E-state index contributed by atoms with van der Waals surface area (Å²) in [5.74, 6) is 2.14. The van der Waals surface area contributed by atoms with Crippen LogP contribution in [0.4, 0.5) is 0 Å². The van der Waals surface area contributed by atoms with E-state index in [-0.39, 0.29) is 25.5 Å². The van der Waals surface area contributed by atoms with Crippen LogP contribution < -0.4 is 0 Å². The van der Waals surface area contributed by atoms with E-state index in [4.69, 9.17) is 19.9 Å². The van der Waals surface area contributed by atoms with Gasteiger partial charge in [-0.05, 0) is 117 Å². The molecule has 71 heavy (non-hydrogen) atoms. The van der Waals surface area contributed by atoms with Gasteiger partial charge in [0.2, 0.25) is 0 Å². The Labute approximate surface area is 442 Å². The van der Waals surface area contributed by atoms with E-state index in [1.807, 2.05) is 6.20 Å². The first-order chi connectivity index (χ1) is 34.5. The topological polar surface area (TPSA) is 51.6 Å². The van der Waals surface area contributed by atoms with Crippen molar-refractivity contribution in [2.75, 3.05) is 0 Å². The van der Waals surface area contributed by atoms with E-state index in [2.05, 4.69) is 106 Å². The predicted octanol–water partition coefficient (Wildman–Crippen LogP) is 18.7. The largest absolute Gasteiger partial charge is 0.304 e. The molecule has 5 heteroatoms. The molecule has 377 valence electrons. The number of hydrogen-bond donors (Lipinski definition) is 0. The third-order valence-electron chi connectivity index (χ3n) is 16.5. The summed E-state index contributed by atoms with van der Waals surface area (Å²) in [5, 5.41) is 0. The fourth-order valence-electron chi connectivity index (χ4n) is 12.4. The molecule has 0 fully saturated rings. The Morgan fingerprint density at radius 3 is 1.39 bits per heavy atom. The fourth-order valence-corrected chi connectivity index (χ4v) is 12.4. The van der Waals surface area contributed by atoms with Crippen LogP contribution in [0.3, 0.4) is 0 Å². The number of aromatic nitrogens is 4. The van der Waals surface area contributed by atoms with Gasteiger partial charge >= 0.3 is 0 Å². The maximum Gasteiger partial charge on any atom is 0.165 e. The van der Waals surface area contributed by atoms with Gasteiger partial charge in [-0.25, -0.2) is 15.0 Å². The molecular formula is C66H83IrN4-. The molecule has 3 aliphatic rings. The number of fused-ring (bicyclic) bond motifs is 5. The Bertz CT molecular complexity index is 2530. The summed E-state index contributed by atoms with van der Waals surface area (Å²) >= 11 is 0. The van der Waals surface area contributed by atoms with Crippen molar-refractivity contribution in [3.63, 3.8) is 0 Å². The minimum atomic E-state index is 0. The van der Waals surface area contributed by atoms with E-state index in [1.54, 1.807) is 5.56 Å². The summed E-state index contributed by atoms with van der Waals surface area (Å²) in [4.78, 5) is 20.8. The van der Waals surface area contributed by atoms with Gasteiger partial charge in [-0.2, -0.15) is 0 Å². The van der Waals surface area contributed by atoms with Crippen LogP contribution >= 0.6 is 0 Å². The molecule has 6 aromatic rings. The number of rotatable bonds is 26. The molecule has 0 unspecified atom stereocenters. The average Bonchev–Trinajstić information content (AvgIpc) is 3.66. The van der Waals surface area contributed by atoms with Gasteiger partial charge < -0.3 is 4.98 Å². The van der Waals surface area contributed by atoms with Crippen molar-refractivity contribution in [1.29, 1.82) is 0 Å². The fraction of sp³-hybridized carbons (Fsp3) is 0.515. The Balaban J connectivity index is 0.00000676. The third-order valence-corrected chi connectivity index (χ3v) is 16.5. The van der Waals surface area contributed by atoms with Gasteiger partial charge in [-0.3, -0.25) is 0 Å². The monoisotopic (exact) mass is 1120 g/mol. The molecule has 9 rings (SSSR count). The quantitative estimate of drug-likeness (QED) is 0.0401. The first-order valence-electron chi connectivity index (χ1n) is 28.7. The summed E-state index contributed by atoms with van der Waals surface area (Å²) < 4.78 is 0. The zero-order chi connectivity index (χ0) is 48.0. The van der Waals surface area contributed by atoms with Crippen molar-refractivity contribution >= 4 is 0 Å². The maximum atomic E-state index is 5.20. The van der Waals surface area contributed by atoms with E-state index < -0.39 is 0 Å². The summed E-state index contributed by atoms with van der Waals surface area (Å²) in [7, 11) is 0. The van der Waals surface area contributed by atoms with E-state index in [9.17, 15) is 0 Å². The molecule has 0 amide bonds. The number of aryl methyl sites for hydroxylation is 5. The van der Waals surface area contributed by atoms with E-state index in [1.165, 1.54) is 211 Å². The second-order valence-corrected chi connectivity index (χ2v) is 21.8. The molecule has 4 nitrogen and oxygen atoms in total. The van der Waals surface area contributed by atoms with Crippen molar-refractivity contribution in [3.8, 4) is 56.5 Å². The molecular weight excluding hydrogens is 1040 g/mol. The zero-order valence-electron chi connectivity index (χ0n) is 43.9. The van der Waals surface area contributed by atoms with Crippen LogP contribution in [0, 0.1) is 13.0 Å². The summed E-state index contributed by atoms with van der Waals surface area (Å²) in [6.45, 7) is 6.92. The van der Waals surface area contributed by atoms with E-state index in [0.29, 0.717) is 5.82 Å². The molecule has 0 saturated heterocycles. The predicted molar refractivity (Wildman–Crippen MR) is 295 cm³/mol. The van der Waals surface area contributed by atoms with Gasteiger partial charge in [-0.1, -0.05) is 214 Å². The molecule has 0 aliphatic heterocycles. The number of benzene rings is 4. The van der Waals surface area contributed by atoms with E-state index in [0.717, 1.165) is 65.3 Å². The standard InChI is InChI=1S/C66H83N4.Ir/c1-4-6-8-10-12-14-16-18-20-26-42-66(43-27-21-19-17-15-13-11-9-7-5-2)60-44-49(3)32-39-58(60)59-40-37-54(47-61(59)66)62-41-38-57(48-67-62)65-69-63(55-35-33-50-28-22-24-30-52(50)45-55)68-64(70-65)56-36-34-51-29-23-25-31-53(51)46-56;/h32-36,38-41,44-48H,4-31,42-43H2,1-3H3;/q-1;. The molecule has 3 aliphatic carbocycles. The van der Waals surface area contributed by atoms with Crippen molar-refractivity contribution in [2.24, 2.45) is 0 Å². The first kappa shape index (κ1) is 53.0. The van der Waals surface area contributed by atoms with Gasteiger partial charge in [-0.15, -0.1) is 29.3 Å². The van der Waals surface area contributed by atoms with Crippen molar-refractivity contribution in [3.05, 3.63) is 130 Å². The Hall–Kier alpha value is -4.31. The van der Waals surface area contributed by atoms with Crippen LogP contribution in [0.2, 0.25) is 0 Å². The first-order valence-corrected chi connectivity index (χ1v) is 28.7. The minimum Gasteiger partial charge on any atom is -0.304 e. The van der Waals surface area contributed by atoms with Gasteiger partial charge in [0.05, 0.1) is 0 Å². The van der Waals surface area contributed by atoms with E-state index >= 15 is 0 Å². The van der Waals surface area contributed by atoms with Gasteiger partial charge in [0.15, 0.2) is 17.5 Å². The van der Waals surface area contributed by atoms with Gasteiger partial charge in [0.1, 0.15) is 0 Å². The molecule has 0 saturated carbocycles. The Morgan fingerprint density at radius 1 is 0.451 bits per heavy atom. The van der Waals surface area contributed by atoms with Crippen molar-refractivity contribution < 1.29 is 20.1 Å². The number of pyridine rings is 1. The summed E-state index contributed by atoms with van der Waals surface area (Å²) in [6, 6.07) is 33.9. The maximum absolute atomic E-state index is 5.20. The molecule has 0 bridgehead atoms. The number of nitrogens with zero attached hydrogens (tertiary/aromatic N) is 4. The Kier molecular flexibility index (Phi) is 19.8. The van der Waals surface area contributed by atoms with Crippen LogP contribution in [0.1, 0.15) is 220 Å². The molecule has 2 heterocycles. The normalized spacial score (nSPS) is 14.4. The van der Waals surface area contributed by atoms with Gasteiger partial charge in [0.25, 0.3) is 0 Å². The Morgan fingerprint density at radius 2 is 0.901 bits per heavy atom. The van der Waals surface area contributed by atoms with Crippen LogP contribution in [-0.2, 0) is 51.2 Å². The zero-order valence-corrected chi connectivity index (χ0v) is 46.3. The average molecular weight is 1120 g/mol. The van der Waals surface area contributed by atoms with Crippen molar-refractivity contribution in [1.82, 2.24) is 19.9 Å². The van der Waals surface area contributed by atoms with Gasteiger partial charge in [0, 0.05) is 48.4 Å². The second kappa shape index (κ2) is 26.6. The van der Waals surface area contributed by atoms with Crippen LogP contribution in [0.15, 0.2) is 85.1 Å². The molecule has 0 spiro atoms. The van der Waals surface area contributed by atoms with Crippen LogP contribution in [-0.4, -0.2) is 19.9 Å². The van der Waals surface area contributed by atoms with Crippen LogP contribution in [0.25, 0.3) is 56.5 Å². The minimum absolute atomic E-state index is 0.